The Balaban J connectivity index is 2.20. The Morgan fingerprint density at radius 1 is 1.09 bits per heavy atom. The molecule has 1 fully saturated rings. The molecule has 3 rings (SSSR count). The Morgan fingerprint density at radius 3 is 2.32 bits per heavy atom. The minimum absolute atomic E-state index is 0.0656. The summed E-state index contributed by atoms with van der Waals surface area (Å²) in [7, 11) is -3.44. The Kier molecular flexibility index (Phi) is 8.62. The van der Waals surface area contributed by atoms with Gasteiger partial charge in [-0.1, -0.05) is 61.3 Å². The van der Waals surface area contributed by atoms with Crippen LogP contribution >= 0.6 is 23.2 Å². The zero-order valence-electron chi connectivity index (χ0n) is 18.9. The lowest BCUT2D eigenvalue weighted by Crippen LogP contribution is -2.56. The molecule has 0 saturated carbocycles. The van der Waals surface area contributed by atoms with Crippen LogP contribution in [0.5, 0.6) is 0 Å². The second-order valence-electron chi connectivity index (χ2n) is 8.20. The number of hydrogen-bond donors (Lipinski definition) is 1. The molecule has 2 aromatic carbocycles. The highest BCUT2D eigenvalue weighted by molar-refractivity contribution is 7.91. The van der Waals surface area contributed by atoms with Gasteiger partial charge >= 0.3 is 5.97 Å². The maximum absolute atomic E-state index is 13.6. The number of sulfone groups is 1. The second-order valence-corrected chi connectivity index (χ2v) is 11.5. The van der Waals surface area contributed by atoms with Crippen LogP contribution in [0.3, 0.4) is 0 Å². The number of morpholine rings is 1. The Hall–Kier alpha value is -2.13. The normalized spacial score (nSPS) is 21.9. The quantitative estimate of drug-likeness (QED) is 0.507. The number of carboxylic acid groups (broad SMARTS) is 1. The van der Waals surface area contributed by atoms with Gasteiger partial charge in [-0.2, -0.15) is 0 Å². The summed E-state index contributed by atoms with van der Waals surface area (Å²) in [4.78, 5) is 26.7. The van der Waals surface area contributed by atoms with Gasteiger partial charge in [-0.25, -0.2) is 8.42 Å². The minimum Gasteiger partial charge on any atom is -0.481 e. The molecule has 1 aliphatic rings. The molecule has 0 spiro atoms. The number of halogens is 2. The summed E-state index contributed by atoms with van der Waals surface area (Å²) >= 11 is 12.3. The SMILES string of the molecule is CC[C@@H](CS(=O)(=O)CC)N1C(=O)C(CC(=O)O)OC(c2cccc(Cl)c2)[C@H]1c1ccc(Cl)cc1. The first-order valence-electron chi connectivity index (χ1n) is 11.0. The number of carbonyl (C=O) groups excluding carboxylic acids is 1. The van der Waals surface area contributed by atoms with Crippen molar-refractivity contribution in [1.29, 1.82) is 0 Å². The van der Waals surface area contributed by atoms with Crippen LogP contribution < -0.4 is 0 Å². The molecule has 2 unspecified atom stereocenters. The number of nitrogens with zero attached hydrogens (tertiary/aromatic N) is 1. The second kappa shape index (κ2) is 11.1. The van der Waals surface area contributed by atoms with Gasteiger partial charge in [0.05, 0.1) is 18.2 Å². The van der Waals surface area contributed by atoms with Gasteiger partial charge in [0.25, 0.3) is 5.91 Å². The molecule has 10 heteroatoms. The van der Waals surface area contributed by atoms with E-state index >= 15 is 0 Å². The standard InChI is InChI=1S/C24H27Cl2NO6S/c1-3-19(14-34(31,32)4-2)27-22(15-8-10-17(25)11-9-15)23(16-6-5-7-18(26)12-16)33-20(24(27)30)13-21(28)29/h5-12,19-20,22-23H,3-4,13-14H2,1-2H3,(H,28,29)/t19-,20?,22+,23?/m0/s1. The van der Waals surface area contributed by atoms with E-state index in [0.717, 1.165) is 0 Å². The predicted molar refractivity (Wildman–Crippen MR) is 131 cm³/mol. The van der Waals surface area contributed by atoms with Crippen molar-refractivity contribution in [3.05, 3.63) is 69.7 Å². The summed E-state index contributed by atoms with van der Waals surface area (Å²) in [6.07, 6.45) is -2.24. The highest BCUT2D eigenvalue weighted by Gasteiger charge is 2.47. The molecular formula is C24H27Cl2NO6S. The Bertz CT molecular complexity index is 1140. The van der Waals surface area contributed by atoms with Crippen LogP contribution in [0.1, 0.15) is 50.0 Å². The average Bonchev–Trinajstić information content (AvgIpc) is 2.79. The molecule has 1 N–H and O–H groups in total. The molecule has 34 heavy (non-hydrogen) atoms. The highest BCUT2D eigenvalue weighted by atomic mass is 35.5. The van der Waals surface area contributed by atoms with Gasteiger partial charge in [0.2, 0.25) is 0 Å². The Labute approximate surface area is 209 Å². The molecule has 1 heterocycles. The van der Waals surface area contributed by atoms with E-state index < -0.39 is 52.4 Å². The maximum Gasteiger partial charge on any atom is 0.306 e. The molecule has 7 nitrogen and oxygen atoms in total. The number of amides is 1. The van der Waals surface area contributed by atoms with E-state index in [1.807, 2.05) is 0 Å². The Morgan fingerprint density at radius 2 is 1.76 bits per heavy atom. The van der Waals surface area contributed by atoms with Crippen LogP contribution in [0, 0.1) is 0 Å². The fourth-order valence-electron chi connectivity index (χ4n) is 4.21. The van der Waals surface area contributed by atoms with Crippen molar-refractivity contribution >= 4 is 44.9 Å². The van der Waals surface area contributed by atoms with E-state index in [1.54, 1.807) is 62.4 Å². The summed E-state index contributed by atoms with van der Waals surface area (Å²) in [5.74, 6) is -2.05. The molecular weight excluding hydrogens is 501 g/mol. The molecule has 0 aliphatic carbocycles. The molecule has 1 aliphatic heterocycles. The number of benzene rings is 2. The zero-order chi connectivity index (χ0) is 25.0. The summed E-state index contributed by atoms with van der Waals surface area (Å²) < 4.78 is 31.2. The van der Waals surface area contributed by atoms with E-state index in [0.29, 0.717) is 27.6 Å². The van der Waals surface area contributed by atoms with Crippen molar-refractivity contribution in [3.8, 4) is 0 Å². The first-order chi connectivity index (χ1) is 16.1. The van der Waals surface area contributed by atoms with Gasteiger partial charge in [-0.3, -0.25) is 9.59 Å². The van der Waals surface area contributed by atoms with E-state index in [2.05, 4.69) is 0 Å². The van der Waals surface area contributed by atoms with E-state index in [4.69, 9.17) is 27.9 Å². The number of ether oxygens (including phenoxy) is 1. The van der Waals surface area contributed by atoms with Crippen molar-refractivity contribution in [2.45, 2.75) is 51.0 Å². The van der Waals surface area contributed by atoms with Gasteiger partial charge in [0.15, 0.2) is 9.84 Å². The first-order valence-corrected chi connectivity index (χ1v) is 13.5. The lowest BCUT2D eigenvalue weighted by Gasteiger charge is -2.48. The molecule has 0 bridgehead atoms. The highest BCUT2D eigenvalue weighted by Crippen LogP contribution is 2.44. The summed E-state index contributed by atoms with van der Waals surface area (Å²) in [5, 5.41) is 10.4. The van der Waals surface area contributed by atoms with Crippen LogP contribution in [-0.2, 0) is 24.2 Å². The topological polar surface area (TPSA) is 101 Å². The van der Waals surface area contributed by atoms with Crippen molar-refractivity contribution in [1.82, 2.24) is 4.90 Å². The third kappa shape index (κ3) is 6.10. The lowest BCUT2D eigenvalue weighted by molar-refractivity contribution is -0.182. The monoisotopic (exact) mass is 527 g/mol. The predicted octanol–water partition coefficient (Wildman–Crippen LogP) is 4.69. The maximum atomic E-state index is 13.6. The van der Waals surface area contributed by atoms with Crippen LogP contribution in [0.15, 0.2) is 48.5 Å². The fourth-order valence-corrected chi connectivity index (χ4v) is 5.75. The van der Waals surface area contributed by atoms with Crippen LogP contribution in [0.2, 0.25) is 10.0 Å². The van der Waals surface area contributed by atoms with Crippen molar-refractivity contribution in [2.75, 3.05) is 11.5 Å². The van der Waals surface area contributed by atoms with Crippen LogP contribution in [0.4, 0.5) is 0 Å². The summed E-state index contributed by atoms with van der Waals surface area (Å²) in [6.45, 7) is 3.36. The zero-order valence-corrected chi connectivity index (χ0v) is 21.2. The molecule has 4 atom stereocenters. The molecule has 0 aromatic heterocycles. The first kappa shape index (κ1) is 26.5. The molecule has 1 amide bonds. The minimum atomic E-state index is -3.44. The molecule has 1 saturated heterocycles. The number of aliphatic carboxylic acids is 1. The van der Waals surface area contributed by atoms with Gasteiger partial charge in [0.1, 0.15) is 12.2 Å². The lowest BCUT2D eigenvalue weighted by atomic mass is 9.89. The summed E-state index contributed by atoms with van der Waals surface area (Å²) in [5.41, 5.74) is 1.33. The van der Waals surface area contributed by atoms with Crippen molar-refractivity contribution in [2.24, 2.45) is 0 Å². The molecule has 184 valence electrons. The third-order valence-electron chi connectivity index (χ3n) is 5.93. The van der Waals surface area contributed by atoms with Crippen molar-refractivity contribution < 1.29 is 27.9 Å². The van der Waals surface area contributed by atoms with Crippen LogP contribution in [-0.4, -0.2) is 54.0 Å². The average molecular weight is 528 g/mol. The number of carboxylic acids is 1. The number of rotatable bonds is 9. The number of carbonyl (C=O) groups is 2. The summed E-state index contributed by atoms with van der Waals surface area (Å²) in [6, 6.07) is 12.4. The van der Waals surface area contributed by atoms with E-state index in [-0.39, 0.29) is 11.5 Å². The van der Waals surface area contributed by atoms with Gasteiger partial charge in [-0.05, 0) is 41.8 Å². The third-order valence-corrected chi connectivity index (χ3v) is 8.19. The fraction of sp³-hybridized carbons (Fsp3) is 0.417. The van der Waals surface area contributed by atoms with E-state index in [9.17, 15) is 23.1 Å². The van der Waals surface area contributed by atoms with Crippen molar-refractivity contribution in [3.63, 3.8) is 0 Å². The molecule has 2 aromatic rings. The molecule has 0 radical (unpaired) electrons. The van der Waals surface area contributed by atoms with Gasteiger partial charge < -0.3 is 14.7 Å². The van der Waals surface area contributed by atoms with Gasteiger partial charge in [-0.15, -0.1) is 0 Å². The van der Waals surface area contributed by atoms with Crippen LogP contribution in [0.25, 0.3) is 0 Å². The largest absolute Gasteiger partial charge is 0.481 e. The smallest absolute Gasteiger partial charge is 0.306 e. The van der Waals surface area contributed by atoms with Gasteiger partial charge in [0, 0.05) is 21.8 Å². The number of hydrogen-bond acceptors (Lipinski definition) is 5. The van der Waals surface area contributed by atoms with E-state index in [1.165, 1.54) is 4.90 Å².